The van der Waals surface area contributed by atoms with Gasteiger partial charge in [-0.1, -0.05) is 0 Å². The van der Waals surface area contributed by atoms with Crippen LogP contribution < -0.4 is 5.73 Å². The molecule has 0 amide bonds. The average Bonchev–Trinajstić information content (AvgIpc) is 3.17. The van der Waals surface area contributed by atoms with Crippen LogP contribution in [0.25, 0.3) is 11.2 Å². The van der Waals surface area contributed by atoms with Crippen LogP contribution in [-0.2, 0) is 19.1 Å². The Morgan fingerprint density at radius 3 is 2.93 bits per heavy atom. The minimum atomic E-state index is -1.89. The molecule has 14 nitrogen and oxygen atoms in total. The van der Waals surface area contributed by atoms with E-state index in [4.69, 9.17) is 10.5 Å². The highest BCUT2D eigenvalue weighted by molar-refractivity contribution is 5.81. The third-order valence-electron chi connectivity index (χ3n) is 3.96. The summed E-state index contributed by atoms with van der Waals surface area (Å²) < 4.78 is 11.4. The smallest absolute Gasteiger partial charge is 0.337 e. The van der Waals surface area contributed by atoms with E-state index in [2.05, 4.69) is 24.5 Å². The van der Waals surface area contributed by atoms with Crippen molar-refractivity contribution in [1.29, 1.82) is 0 Å². The van der Waals surface area contributed by atoms with E-state index in [1.54, 1.807) is 0 Å². The summed E-state index contributed by atoms with van der Waals surface area (Å²) in [6.45, 7) is 1.51. The molecule has 146 valence electrons. The molecule has 14 heteroatoms. The van der Waals surface area contributed by atoms with E-state index in [9.17, 15) is 25.1 Å². The molecule has 1 aliphatic rings. The number of nitrogen functional groups attached to an aromatic ring is 1. The molecule has 27 heavy (non-hydrogen) atoms. The van der Waals surface area contributed by atoms with Crippen LogP contribution in [0, 0.1) is 10.1 Å². The van der Waals surface area contributed by atoms with Gasteiger partial charge in [-0.05, 0) is 6.92 Å². The minimum Gasteiger partial charge on any atom is -0.464 e. The number of hydrogen-bond donors (Lipinski definition) is 3. The topological polar surface area (TPSA) is 198 Å². The van der Waals surface area contributed by atoms with Crippen molar-refractivity contribution in [3.63, 3.8) is 0 Å². The van der Waals surface area contributed by atoms with Crippen molar-refractivity contribution in [3.8, 4) is 0 Å². The predicted octanol–water partition coefficient (Wildman–Crippen LogP) is -1.83. The molecule has 0 saturated carbocycles. The van der Waals surface area contributed by atoms with Crippen molar-refractivity contribution in [1.82, 2.24) is 19.5 Å². The number of ether oxygens (including phenoxy) is 2. The quantitative estimate of drug-likeness (QED) is 0.286. The maximum atomic E-state index is 11.8. The van der Waals surface area contributed by atoms with Gasteiger partial charge in [-0.15, -0.1) is 10.1 Å². The molecule has 0 radical (unpaired) electrons. The zero-order valence-electron chi connectivity index (χ0n) is 13.9. The van der Waals surface area contributed by atoms with E-state index in [0.717, 1.165) is 6.33 Å². The van der Waals surface area contributed by atoms with Crippen molar-refractivity contribution >= 4 is 23.0 Å². The van der Waals surface area contributed by atoms with Gasteiger partial charge in [0.1, 0.15) is 24.1 Å². The number of nitrogens with zero attached hydrogens (tertiary/aromatic N) is 5. The maximum Gasteiger partial charge on any atom is 0.337 e. The summed E-state index contributed by atoms with van der Waals surface area (Å²) in [5, 5.41) is 30.2. The van der Waals surface area contributed by atoms with Crippen LogP contribution in [0.15, 0.2) is 12.7 Å². The lowest BCUT2D eigenvalue weighted by Gasteiger charge is -2.19. The normalized spacial score (nSPS) is 26.0. The fourth-order valence-electron chi connectivity index (χ4n) is 2.79. The molecular weight excluding hydrogens is 368 g/mol. The summed E-state index contributed by atoms with van der Waals surface area (Å²) >= 11 is 0. The van der Waals surface area contributed by atoms with Crippen LogP contribution in [0.4, 0.5) is 5.82 Å². The number of fused-ring (bicyclic) bond motifs is 1. The van der Waals surface area contributed by atoms with Crippen molar-refractivity contribution in [2.45, 2.75) is 37.6 Å². The number of aliphatic hydroxyl groups excluding tert-OH is 2. The Hall–Kier alpha value is -3.10. The fourth-order valence-corrected chi connectivity index (χ4v) is 2.79. The molecule has 5 atom stereocenters. The molecule has 3 heterocycles. The van der Waals surface area contributed by atoms with Crippen molar-refractivity contribution < 1.29 is 34.4 Å². The molecule has 0 aromatic carbocycles. The summed E-state index contributed by atoms with van der Waals surface area (Å²) in [5.41, 5.74) is 6.06. The van der Waals surface area contributed by atoms with Gasteiger partial charge in [-0.25, -0.2) is 19.7 Å². The van der Waals surface area contributed by atoms with Crippen LogP contribution in [0.5, 0.6) is 0 Å². The number of aliphatic hydroxyl groups is 2. The Labute approximate surface area is 150 Å². The summed E-state index contributed by atoms with van der Waals surface area (Å²) in [5.74, 6) is -0.990. The first kappa shape index (κ1) is 18.7. The molecule has 0 aliphatic carbocycles. The van der Waals surface area contributed by atoms with E-state index in [1.807, 2.05) is 0 Å². The van der Waals surface area contributed by atoms with E-state index in [-0.39, 0.29) is 23.6 Å². The summed E-state index contributed by atoms with van der Waals surface area (Å²) in [4.78, 5) is 38.9. The number of rotatable bonds is 6. The number of carbonyl (C=O) groups excluding carboxylic acids is 1. The Morgan fingerprint density at radius 2 is 2.26 bits per heavy atom. The fraction of sp³-hybridized carbons (Fsp3) is 0.538. The van der Waals surface area contributed by atoms with Crippen LogP contribution in [0.3, 0.4) is 0 Å². The van der Waals surface area contributed by atoms with Crippen LogP contribution >= 0.6 is 0 Å². The molecule has 2 aromatic rings. The lowest BCUT2D eigenvalue weighted by atomic mass is 10.1. The van der Waals surface area contributed by atoms with Gasteiger partial charge in [0.25, 0.3) is 5.09 Å². The summed E-state index contributed by atoms with van der Waals surface area (Å²) in [6, 6.07) is 0. The highest BCUT2D eigenvalue weighted by atomic mass is 17.0. The lowest BCUT2D eigenvalue weighted by Crippen LogP contribution is -2.44. The molecule has 0 spiro atoms. The number of nitrogens with two attached hydrogens (primary N) is 1. The number of carbonyl (C=O) groups is 1. The van der Waals surface area contributed by atoms with Crippen LogP contribution in [0.2, 0.25) is 0 Å². The van der Waals surface area contributed by atoms with Gasteiger partial charge in [0.05, 0.1) is 12.9 Å². The second-order valence-corrected chi connectivity index (χ2v) is 5.56. The molecule has 1 aliphatic heterocycles. The molecule has 1 saturated heterocycles. The summed E-state index contributed by atoms with van der Waals surface area (Å²) in [6.07, 6.45) is -5.72. The molecule has 2 aromatic heterocycles. The Morgan fingerprint density at radius 1 is 1.52 bits per heavy atom. The van der Waals surface area contributed by atoms with Gasteiger partial charge in [0.2, 0.25) is 0 Å². The number of anilines is 1. The molecule has 1 fully saturated rings. The Balaban J connectivity index is 1.97. The monoisotopic (exact) mass is 384 g/mol. The van der Waals surface area contributed by atoms with E-state index in [0.29, 0.717) is 0 Å². The first-order chi connectivity index (χ1) is 12.8. The standard InChI is InChI=1S/C13H16N6O8/c1-2-25-13(22)7(21)8-6(20)9(27-19(23)24)12(26-8)18-4-17-5-10(14)15-3-16-11(5)18/h3-4,6-9,12,20-21H,2H2,1H3,(H2,14,15,16)/t6?,7?,8-,9?,12+/m0/s1. The molecule has 3 rings (SSSR count). The number of aromatic nitrogens is 4. The third-order valence-corrected chi connectivity index (χ3v) is 3.96. The zero-order valence-corrected chi connectivity index (χ0v) is 13.9. The molecule has 4 N–H and O–H groups in total. The molecular formula is C13H16N6O8. The SMILES string of the molecule is CCOC(=O)C(O)[C@H]1O[C@@H](n2cnc3c(N)ncnc32)C(O[N+](=O)[O-])C1O. The van der Waals surface area contributed by atoms with Crippen molar-refractivity contribution in [2.24, 2.45) is 0 Å². The van der Waals surface area contributed by atoms with Gasteiger partial charge in [0.15, 0.2) is 29.9 Å². The van der Waals surface area contributed by atoms with Crippen molar-refractivity contribution in [2.75, 3.05) is 12.3 Å². The van der Waals surface area contributed by atoms with Gasteiger partial charge < -0.3 is 30.3 Å². The first-order valence-corrected chi connectivity index (χ1v) is 7.77. The minimum absolute atomic E-state index is 0.0146. The van der Waals surface area contributed by atoms with Gasteiger partial charge >= 0.3 is 5.97 Å². The van der Waals surface area contributed by atoms with E-state index < -0.39 is 41.7 Å². The number of hydrogen-bond acceptors (Lipinski definition) is 12. The predicted molar refractivity (Wildman–Crippen MR) is 84.2 cm³/mol. The van der Waals surface area contributed by atoms with E-state index >= 15 is 0 Å². The number of imidazole rings is 1. The second kappa shape index (κ2) is 7.26. The van der Waals surface area contributed by atoms with E-state index in [1.165, 1.54) is 17.8 Å². The second-order valence-electron chi connectivity index (χ2n) is 5.56. The third kappa shape index (κ3) is 3.32. The van der Waals surface area contributed by atoms with Gasteiger partial charge in [-0.3, -0.25) is 4.57 Å². The maximum absolute atomic E-state index is 11.8. The van der Waals surface area contributed by atoms with Gasteiger partial charge in [0, 0.05) is 0 Å². The largest absolute Gasteiger partial charge is 0.464 e. The summed E-state index contributed by atoms with van der Waals surface area (Å²) in [7, 11) is 0. The zero-order chi connectivity index (χ0) is 19.7. The molecule has 3 unspecified atom stereocenters. The highest BCUT2D eigenvalue weighted by Crippen LogP contribution is 2.35. The Kier molecular flexibility index (Phi) is 5.02. The highest BCUT2D eigenvalue weighted by Gasteiger charge is 2.52. The average molecular weight is 384 g/mol. The number of esters is 1. The molecule has 0 bridgehead atoms. The van der Waals surface area contributed by atoms with Crippen LogP contribution in [0.1, 0.15) is 13.2 Å². The van der Waals surface area contributed by atoms with Gasteiger partial charge in [-0.2, -0.15) is 0 Å². The lowest BCUT2D eigenvalue weighted by molar-refractivity contribution is -0.772. The van der Waals surface area contributed by atoms with Crippen molar-refractivity contribution in [3.05, 3.63) is 22.8 Å². The van der Waals surface area contributed by atoms with Crippen LogP contribution in [-0.4, -0.2) is 71.8 Å². The first-order valence-electron chi connectivity index (χ1n) is 7.77. The Bertz CT molecular complexity index is 858.